The molecule has 25 heavy (non-hydrogen) atoms. The van der Waals surface area contributed by atoms with E-state index in [9.17, 15) is 18.0 Å². The number of amides is 1. The van der Waals surface area contributed by atoms with Crippen LogP contribution >= 0.6 is 0 Å². The van der Waals surface area contributed by atoms with Crippen LogP contribution in [0.4, 0.5) is 5.69 Å². The third kappa shape index (κ3) is 4.27. The Bertz CT molecular complexity index is 940. The number of hydrogen-bond donors (Lipinski definition) is 2. The highest BCUT2D eigenvalue weighted by atomic mass is 32.2. The third-order valence-electron chi connectivity index (χ3n) is 3.59. The van der Waals surface area contributed by atoms with E-state index in [-0.39, 0.29) is 22.1 Å². The lowest BCUT2D eigenvalue weighted by Crippen LogP contribution is -2.13. The molecule has 0 fully saturated rings. The number of carboxylic acid groups (broad SMARTS) is 1. The Kier molecular flexibility index (Phi) is 5.03. The first-order valence-corrected chi connectivity index (χ1v) is 9.38. The topological polar surface area (TPSA) is 114 Å². The van der Waals surface area contributed by atoms with Gasteiger partial charge in [-0.15, -0.1) is 0 Å². The molecule has 2 rings (SSSR count). The van der Waals surface area contributed by atoms with E-state index in [2.05, 4.69) is 5.32 Å². The molecule has 0 aliphatic rings. The number of hydrogen-bond acceptors (Lipinski definition) is 5. The Balaban J connectivity index is 2.41. The number of rotatable bonds is 5. The summed E-state index contributed by atoms with van der Waals surface area (Å²) in [5, 5.41) is 11.7. The maximum Gasteiger partial charge on any atom is 0.335 e. The highest BCUT2D eigenvalue weighted by molar-refractivity contribution is 7.90. The van der Waals surface area contributed by atoms with Crippen molar-refractivity contribution in [3.05, 3.63) is 46.9 Å². The molecule has 0 bridgehead atoms. The molecule has 2 N–H and O–H groups in total. The lowest BCUT2D eigenvalue weighted by molar-refractivity contribution is 0.0696. The zero-order valence-corrected chi connectivity index (χ0v) is 15.1. The van der Waals surface area contributed by atoms with Gasteiger partial charge in [-0.1, -0.05) is 13.8 Å². The first kappa shape index (κ1) is 18.7. The van der Waals surface area contributed by atoms with Crippen molar-refractivity contribution in [3.8, 4) is 0 Å². The van der Waals surface area contributed by atoms with Crippen LogP contribution in [0.2, 0.25) is 0 Å². The summed E-state index contributed by atoms with van der Waals surface area (Å²) in [6.07, 6.45) is 0.967. The molecule has 0 saturated carbocycles. The minimum atomic E-state index is -3.63. The summed E-state index contributed by atoms with van der Waals surface area (Å²) < 4.78 is 29.0. The maximum atomic E-state index is 12.4. The Morgan fingerprint density at radius 3 is 2.28 bits per heavy atom. The van der Waals surface area contributed by atoms with Gasteiger partial charge in [0.05, 0.1) is 16.0 Å². The van der Waals surface area contributed by atoms with Gasteiger partial charge in [-0.05, 0) is 31.2 Å². The van der Waals surface area contributed by atoms with Crippen LogP contribution in [0, 0.1) is 6.92 Å². The molecule has 7 nitrogen and oxygen atoms in total. The molecule has 1 aromatic carbocycles. The van der Waals surface area contributed by atoms with Crippen molar-refractivity contribution in [2.45, 2.75) is 31.6 Å². The highest BCUT2D eigenvalue weighted by Gasteiger charge is 2.19. The quantitative estimate of drug-likeness (QED) is 0.842. The van der Waals surface area contributed by atoms with Gasteiger partial charge in [0, 0.05) is 17.9 Å². The third-order valence-corrected chi connectivity index (χ3v) is 4.68. The van der Waals surface area contributed by atoms with Crippen molar-refractivity contribution in [1.29, 1.82) is 0 Å². The van der Waals surface area contributed by atoms with Crippen LogP contribution in [0.5, 0.6) is 0 Å². The second-order valence-corrected chi connectivity index (χ2v) is 8.07. The number of furan rings is 1. The lowest BCUT2D eigenvalue weighted by Gasteiger charge is -2.08. The fourth-order valence-corrected chi connectivity index (χ4v) is 2.90. The Labute approximate surface area is 145 Å². The minimum absolute atomic E-state index is 0.0806. The molecule has 0 radical (unpaired) electrons. The summed E-state index contributed by atoms with van der Waals surface area (Å²) in [4.78, 5) is 23.5. The van der Waals surface area contributed by atoms with Crippen molar-refractivity contribution >= 4 is 27.4 Å². The zero-order valence-electron chi connectivity index (χ0n) is 14.3. The van der Waals surface area contributed by atoms with Gasteiger partial charge in [-0.2, -0.15) is 0 Å². The van der Waals surface area contributed by atoms with Crippen molar-refractivity contribution in [1.82, 2.24) is 0 Å². The summed E-state index contributed by atoms with van der Waals surface area (Å²) in [5.41, 5.74) is 0.160. The molecule has 1 amide bonds. The van der Waals surface area contributed by atoms with Crippen LogP contribution in [0.3, 0.4) is 0 Å². The number of anilines is 1. The van der Waals surface area contributed by atoms with Crippen LogP contribution in [-0.4, -0.2) is 31.7 Å². The predicted octanol–water partition coefficient (Wildman–Crippen LogP) is 3.07. The molecule has 0 atom stereocenters. The van der Waals surface area contributed by atoms with Crippen molar-refractivity contribution in [3.63, 3.8) is 0 Å². The zero-order chi connectivity index (χ0) is 18.9. The van der Waals surface area contributed by atoms with E-state index >= 15 is 0 Å². The molecular weight excluding hydrogens is 346 g/mol. The second kappa shape index (κ2) is 6.72. The minimum Gasteiger partial charge on any atom is -0.478 e. The van der Waals surface area contributed by atoms with E-state index in [1.165, 1.54) is 12.1 Å². The van der Waals surface area contributed by atoms with E-state index in [1.54, 1.807) is 13.0 Å². The van der Waals surface area contributed by atoms with Crippen molar-refractivity contribution < 1.29 is 27.5 Å². The largest absolute Gasteiger partial charge is 0.478 e. The number of aromatic carboxylic acids is 1. The van der Waals surface area contributed by atoms with E-state index in [1.807, 2.05) is 13.8 Å². The number of aryl methyl sites for hydroxylation is 1. The van der Waals surface area contributed by atoms with Crippen molar-refractivity contribution in [2.75, 3.05) is 11.6 Å². The Morgan fingerprint density at radius 1 is 1.16 bits per heavy atom. The van der Waals surface area contributed by atoms with E-state index in [4.69, 9.17) is 9.52 Å². The van der Waals surface area contributed by atoms with Gasteiger partial charge in [0.1, 0.15) is 11.5 Å². The van der Waals surface area contributed by atoms with E-state index in [0.29, 0.717) is 17.1 Å². The van der Waals surface area contributed by atoms with Gasteiger partial charge in [-0.3, -0.25) is 4.79 Å². The summed E-state index contributed by atoms with van der Waals surface area (Å²) in [6.45, 7) is 5.50. The van der Waals surface area contributed by atoms with Crippen LogP contribution in [0.15, 0.2) is 33.6 Å². The number of nitrogens with one attached hydrogen (secondary N) is 1. The lowest BCUT2D eigenvalue weighted by atomic mass is 10.1. The second-order valence-electron chi connectivity index (χ2n) is 6.05. The fourth-order valence-electron chi connectivity index (χ4n) is 2.22. The fraction of sp³-hybridized carbons (Fsp3) is 0.294. The number of carbonyl (C=O) groups is 2. The average Bonchev–Trinajstić information content (AvgIpc) is 2.88. The Morgan fingerprint density at radius 2 is 1.80 bits per heavy atom. The van der Waals surface area contributed by atoms with Crippen LogP contribution in [0.1, 0.15) is 52.0 Å². The van der Waals surface area contributed by atoms with E-state index < -0.39 is 21.7 Å². The van der Waals surface area contributed by atoms with Crippen LogP contribution in [0.25, 0.3) is 0 Å². The molecule has 0 saturated heterocycles. The molecule has 2 aromatic rings. The molecule has 1 heterocycles. The molecule has 0 aliphatic carbocycles. The maximum absolute atomic E-state index is 12.4. The Hall–Kier alpha value is -2.61. The number of carboxylic acids is 1. The van der Waals surface area contributed by atoms with Crippen LogP contribution in [-0.2, 0) is 9.84 Å². The number of benzene rings is 1. The summed E-state index contributed by atoms with van der Waals surface area (Å²) in [6, 6.07) is 5.09. The van der Waals surface area contributed by atoms with Crippen molar-refractivity contribution in [2.24, 2.45) is 0 Å². The van der Waals surface area contributed by atoms with Gasteiger partial charge in [0.15, 0.2) is 9.84 Å². The number of sulfone groups is 1. The SMILES string of the molecule is Cc1oc(C(C)C)cc1C(=O)Nc1cc(C(=O)O)cc(S(C)(=O)=O)c1. The average molecular weight is 365 g/mol. The summed E-state index contributed by atoms with van der Waals surface area (Å²) >= 11 is 0. The monoisotopic (exact) mass is 365 g/mol. The molecule has 8 heteroatoms. The normalized spacial score (nSPS) is 11.6. The van der Waals surface area contributed by atoms with Gasteiger partial charge >= 0.3 is 5.97 Å². The molecule has 0 aliphatic heterocycles. The molecular formula is C17H19NO6S. The number of carbonyl (C=O) groups excluding carboxylic acids is 1. The predicted molar refractivity (Wildman–Crippen MR) is 92.0 cm³/mol. The summed E-state index contributed by atoms with van der Waals surface area (Å²) in [7, 11) is -3.63. The van der Waals surface area contributed by atoms with Crippen LogP contribution < -0.4 is 5.32 Å². The molecule has 0 spiro atoms. The van der Waals surface area contributed by atoms with E-state index in [0.717, 1.165) is 12.3 Å². The smallest absolute Gasteiger partial charge is 0.335 e. The first-order valence-electron chi connectivity index (χ1n) is 7.49. The molecule has 134 valence electrons. The van der Waals surface area contributed by atoms with Gasteiger partial charge < -0.3 is 14.8 Å². The standard InChI is InChI=1S/C17H19NO6S/c1-9(2)15-8-14(10(3)24-15)16(19)18-12-5-11(17(20)21)6-13(7-12)25(4,22)23/h5-9H,1-4H3,(H,18,19)(H,20,21). The summed E-state index contributed by atoms with van der Waals surface area (Å²) in [5.74, 6) is -0.608. The first-order chi connectivity index (χ1) is 11.5. The highest BCUT2D eigenvalue weighted by Crippen LogP contribution is 2.24. The van der Waals surface area contributed by atoms with Gasteiger partial charge in [-0.25, -0.2) is 13.2 Å². The molecule has 1 aromatic heterocycles. The molecule has 0 unspecified atom stereocenters. The van der Waals surface area contributed by atoms with Gasteiger partial charge in [0.25, 0.3) is 5.91 Å². The van der Waals surface area contributed by atoms with Gasteiger partial charge in [0.2, 0.25) is 0 Å².